The summed E-state index contributed by atoms with van der Waals surface area (Å²) in [7, 11) is 1.71. The highest BCUT2D eigenvalue weighted by Crippen LogP contribution is 2.46. The van der Waals surface area contributed by atoms with E-state index in [1.165, 1.54) is 0 Å². The number of thiazole rings is 1. The van der Waals surface area contributed by atoms with Gasteiger partial charge in [0.25, 0.3) is 0 Å². The predicted molar refractivity (Wildman–Crippen MR) is 113 cm³/mol. The van der Waals surface area contributed by atoms with Crippen LogP contribution < -0.4 is 5.32 Å². The number of alkyl halides is 3. The Morgan fingerprint density at radius 2 is 1.87 bits per heavy atom. The standard InChI is InChI=1S/C21H29F3N4OS/c1-19(2,3)18-25-11-13(30-18)16-15(12-8-7-9-12)17(28(6)27-16)26-14(29)10-20(4,5)21(22,23)24/h11-12H,7-10H2,1-6H3,(H,26,29). The average Bonchev–Trinajstić information content (AvgIpc) is 3.11. The van der Waals surface area contributed by atoms with Crippen molar-refractivity contribution in [2.75, 3.05) is 5.32 Å². The van der Waals surface area contributed by atoms with Crippen LogP contribution in [0, 0.1) is 5.41 Å². The number of rotatable bonds is 5. The number of hydrogen-bond donors (Lipinski definition) is 1. The van der Waals surface area contributed by atoms with Crippen molar-refractivity contribution in [3.63, 3.8) is 0 Å². The smallest absolute Gasteiger partial charge is 0.311 e. The number of nitrogens with one attached hydrogen (secondary N) is 1. The topological polar surface area (TPSA) is 59.8 Å². The van der Waals surface area contributed by atoms with E-state index in [4.69, 9.17) is 0 Å². The van der Waals surface area contributed by atoms with Crippen LogP contribution in [-0.4, -0.2) is 26.8 Å². The van der Waals surface area contributed by atoms with Crippen LogP contribution in [0.2, 0.25) is 0 Å². The van der Waals surface area contributed by atoms with Crippen LogP contribution >= 0.6 is 11.3 Å². The van der Waals surface area contributed by atoms with Crippen molar-refractivity contribution < 1.29 is 18.0 Å². The van der Waals surface area contributed by atoms with Crippen molar-refractivity contribution in [1.82, 2.24) is 14.8 Å². The molecule has 1 aliphatic rings. The summed E-state index contributed by atoms with van der Waals surface area (Å²) in [5.41, 5.74) is -0.519. The number of nitrogens with zero attached hydrogens (tertiary/aromatic N) is 3. The van der Waals surface area contributed by atoms with Gasteiger partial charge in [0.2, 0.25) is 5.91 Å². The Bertz CT molecular complexity index is 933. The van der Waals surface area contributed by atoms with Gasteiger partial charge in [-0.15, -0.1) is 11.3 Å². The van der Waals surface area contributed by atoms with Gasteiger partial charge >= 0.3 is 6.18 Å². The minimum Gasteiger partial charge on any atom is -0.311 e. The predicted octanol–water partition coefficient (Wildman–Crippen LogP) is 6.03. The minimum absolute atomic E-state index is 0.0887. The summed E-state index contributed by atoms with van der Waals surface area (Å²) in [6.07, 6.45) is -0.265. The van der Waals surface area contributed by atoms with Gasteiger partial charge in [-0.2, -0.15) is 18.3 Å². The van der Waals surface area contributed by atoms with Gasteiger partial charge in [0, 0.05) is 30.6 Å². The highest BCUT2D eigenvalue weighted by Gasteiger charge is 2.48. The first-order valence-corrected chi connectivity index (χ1v) is 10.9. The van der Waals surface area contributed by atoms with E-state index in [0.29, 0.717) is 5.82 Å². The molecular weight excluding hydrogens is 413 g/mol. The van der Waals surface area contributed by atoms with Gasteiger partial charge in [-0.3, -0.25) is 9.48 Å². The van der Waals surface area contributed by atoms with E-state index in [1.54, 1.807) is 29.3 Å². The minimum atomic E-state index is -4.45. The van der Waals surface area contributed by atoms with Crippen LogP contribution in [0.4, 0.5) is 19.0 Å². The maximum atomic E-state index is 13.2. The van der Waals surface area contributed by atoms with Crippen LogP contribution in [0.3, 0.4) is 0 Å². The van der Waals surface area contributed by atoms with Crippen molar-refractivity contribution in [3.8, 4) is 10.6 Å². The Hall–Kier alpha value is -1.90. The molecule has 1 aliphatic carbocycles. The highest BCUT2D eigenvalue weighted by molar-refractivity contribution is 7.15. The Kier molecular flexibility index (Phi) is 5.81. The van der Waals surface area contributed by atoms with E-state index in [2.05, 4.69) is 36.2 Å². The molecule has 5 nitrogen and oxygen atoms in total. The van der Waals surface area contributed by atoms with Crippen molar-refractivity contribution in [2.24, 2.45) is 12.5 Å². The lowest BCUT2D eigenvalue weighted by Gasteiger charge is -2.28. The Balaban J connectivity index is 1.94. The van der Waals surface area contributed by atoms with E-state index < -0.39 is 23.9 Å². The molecule has 0 atom stereocenters. The third kappa shape index (κ3) is 4.40. The Morgan fingerprint density at radius 1 is 1.23 bits per heavy atom. The molecule has 0 aromatic carbocycles. The monoisotopic (exact) mass is 442 g/mol. The van der Waals surface area contributed by atoms with Crippen LogP contribution in [0.25, 0.3) is 10.6 Å². The lowest BCUT2D eigenvalue weighted by Crippen LogP contribution is -2.36. The summed E-state index contributed by atoms with van der Waals surface area (Å²) in [6.45, 7) is 8.36. The number of aromatic nitrogens is 3. The van der Waals surface area contributed by atoms with E-state index in [-0.39, 0.29) is 11.3 Å². The maximum absolute atomic E-state index is 13.2. The molecular formula is C21H29F3N4OS. The summed E-state index contributed by atoms with van der Waals surface area (Å²) in [6, 6.07) is 0. The maximum Gasteiger partial charge on any atom is 0.394 e. The summed E-state index contributed by atoms with van der Waals surface area (Å²) < 4.78 is 41.2. The third-order valence-corrected chi connectivity index (χ3v) is 7.04. The van der Waals surface area contributed by atoms with Crippen molar-refractivity contribution in [1.29, 1.82) is 0 Å². The van der Waals surface area contributed by atoms with Gasteiger partial charge in [-0.25, -0.2) is 4.98 Å². The highest BCUT2D eigenvalue weighted by atomic mass is 32.1. The fourth-order valence-corrected chi connectivity index (χ4v) is 4.34. The first kappa shape index (κ1) is 22.8. The fraction of sp³-hybridized carbons (Fsp3) is 0.667. The molecule has 1 fully saturated rings. The van der Waals surface area contributed by atoms with Crippen LogP contribution in [0.5, 0.6) is 0 Å². The number of carbonyl (C=O) groups excluding carboxylic acids is 1. The molecule has 2 aromatic heterocycles. The molecule has 1 N–H and O–H groups in total. The Morgan fingerprint density at radius 3 is 2.33 bits per heavy atom. The molecule has 30 heavy (non-hydrogen) atoms. The third-order valence-electron chi connectivity index (χ3n) is 5.61. The molecule has 0 unspecified atom stereocenters. The van der Waals surface area contributed by atoms with Crippen molar-refractivity contribution in [2.45, 2.75) is 77.8 Å². The molecule has 1 saturated carbocycles. The molecule has 166 valence electrons. The summed E-state index contributed by atoms with van der Waals surface area (Å²) in [5.74, 6) is 0.0651. The molecule has 0 spiro atoms. The number of carbonyl (C=O) groups is 1. The number of anilines is 1. The van der Waals surface area contributed by atoms with Crippen LogP contribution in [-0.2, 0) is 17.3 Å². The molecule has 0 aliphatic heterocycles. The average molecular weight is 443 g/mol. The van der Waals surface area contributed by atoms with E-state index in [1.807, 2.05) is 0 Å². The normalized spacial score (nSPS) is 15.9. The molecule has 0 radical (unpaired) electrons. The van der Waals surface area contributed by atoms with Crippen LogP contribution in [0.1, 0.15) is 76.8 Å². The van der Waals surface area contributed by atoms with Gasteiger partial charge < -0.3 is 5.32 Å². The number of halogens is 3. The zero-order valence-electron chi connectivity index (χ0n) is 18.3. The Labute approximate surface area is 179 Å². The summed E-state index contributed by atoms with van der Waals surface area (Å²) >= 11 is 1.56. The SMILES string of the molecule is Cn1nc(-c2cnc(C(C)(C)C)s2)c(C2CCC2)c1NC(=O)CC(C)(C)C(F)(F)F. The van der Waals surface area contributed by atoms with E-state index in [0.717, 1.165) is 54.3 Å². The second-order valence-electron chi connectivity index (χ2n) is 9.75. The second-order valence-corrected chi connectivity index (χ2v) is 10.8. The van der Waals surface area contributed by atoms with Crippen molar-refractivity contribution in [3.05, 3.63) is 16.8 Å². The van der Waals surface area contributed by atoms with Crippen molar-refractivity contribution >= 4 is 23.1 Å². The second kappa shape index (κ2) is 7.66. The summed E-state index contributed by atoms with van der Waals surface area (Å²) in [4.78, 5) is 18.0. The van der Waals surface area contributed by atoms with Gasteiger partial charge in [-0.05, 0) is 18.8 Å². The number of aryl methyl sites for hydroxylation is 1. The van der Waals surface area contributed by atoms with Crippen LogP contribution in [0.15, 0.2) is 6.20 Å². The zero-order valence-corrected chi connectivity index (χ0v) is 19.1. The largest absolute Gasteiger partial charge is 0.394 e. The quantitative estimate of drug-likeness (QED) is 0.615. The lowest BCUT2D eigenvalue weighted by molar-refractivity contribution is -0.213. The molecule has 9 heteroatoms. The first-order chi connectivity index (χ1) is 13.7. The van der Waals surface area contributed by atoms with Gasteiger partial charge in [0.05, 0.1) is 15.3 Å². The molecule has 2 heterocycles. The lowest BCUT2D eigenvalue weighted by atomic mass is 9.79. The zero-order chi connectivity index (χ0) is 22.5. The number of hydrogen-bond acceptors (Lipinski definition) is 4. The fourth-order valence-electron chi connectivity index (χ4n) is 3.36. The molecule has 1 amide bonds. The molecule has 3 rings (SSSR count). The first-order valence-electron chi connectivity index (χ1n) is 10.1. The molecule has 0 saturated heterocycles. The number of amides is 1. The van der Waals surface area contributed by atoms with Gasteiger partial charge in [0.1, 0.15) is 11.5 Å². The summed E-state index contributed by atoms with van der Waals surface area (Å²) in [5, 5.41) is 8.34. The van der Waals surface area contributed by atoms with Gasteiger partial charge in [0.15, 0.2) is 0 Å². The van der Waals surface area contributed by atoms with E-state index in [9.17, 15) is 18.0 Å². The van der Waals surface area contributed by atoms with E-state index >= 15 is 0 Å². The van der Waals surface area contributed by atoms with Gasteiger partial charge in [-0.1, -0.05) is 41.0 Å². The molecule has 0 bridgehead atoms. The molecule has 2 aromatic rings.